The zero-order valence-electron chi connectivity index (χ0n) is 14.7. The van der Waals surface area contributed by atoms with E-state index in [0.29, 0.717) is 0 Å². The van der Waals surface area contributed by atoms with E-state index in [4.69, 9.17) is 0 Å². The van der Waals surface area contributed by atoms with Gasteiger partial charge in [-0.05, 0) is 48.9 Å². The Morgan fingerprint density at radius 2 is 1.86 bits per heavy atom. The van der Waals surface area contributed by atoms with Crippen molar-refractivity contribution in [2.24, 2.45) is 16.7 Å². The van der Waals surface area contributed by atoms with Crippen LogP contribution >= 0.6 is 0 Å². The summed E-state index contributed by atoms with van der Waals surface area (Å²) in [5.74, 6) is 0.747. The first-order valence-electron chi connectivity index (χ1n) is 9.06. The number of hydrogen-bond donors (Lipinski definition) is 2. The number of hydrogen-bond acceptors (Lipinski definition) is 2. The molecule has 1 aliphatic carbocycles. The second kappa shape index (κ2) is 7.20. The Morgan fingerprint density at radius 3 is 2.36 bits per heavy atom. The van der Waals surface area contributed by atoms with Crippen molar-refractivity contribution in [1.82, 2.24) is 10.2 Å². The molecule has 2 rings (SSSR count). The Balaban J connectivity index is 1.78. The lowest BCUT2D eigenvalue weighted by Crippen LogP contribution is -2.50. The molecule has 0 aromatic rings. The second-order valence-electron chi connectivity index (χ2n) is 8.13. The molecule has 0 atom stereocenters. The third kappa shape index (κ3) is 3.95. The number of carbonyl (C=O) groups is 1. The number of nitrogens with zero attached hydrogens (tertiary/aromatic N) is 1. The van der Waals surface area contributed by atoms with Gasteiger partial charge in [0.25, 0.3) is 0 Å². The van der Waals surface area contributed by atoms with Gasteiger partial charge in [0.1, 0.15) is 0 Å². The normalized spacial score (nSPS) is 22.8. The molecule has 4 nitrogen and oxygen atoms in total. The van der Waals surface area contributed by atoms with Crippen LogP contribution in [0.1, 0.15) is 65.7 Å². The van der Waals surface area contributed by atoms with Crippen LogP contribution in [0.5, 0.6) is 0 Å². The SMILES string of the molecule is CCC1(CO)CCN(C(=O)NCC(C)(C)C2CCCC2)CC1. The first-order valence-corrected chi connectivity index (χ1v) is 9.06. The topological polar surface area (TPSA) is 52.6 Å². The van der Waals surface area contributed by atoms with Crippen molar-refractivity contribution in [1.29, 1.82) is 0 Å². The highest BCUT2D eigenvalue weighted by Crippen LogP contribution is 2.39. The van der Waals surface area contributed by atoms with Crippen LogP contribution in [0.15, 0.2) is 0 Å². The van der Waals surface area contributed by atoms with Gasteiger partial charge in [-0.1, -0.05) is 33.6 Å². The molecule has 2 aliphatic rings. The number of aliphatic hydroxyl groups excluding tert-OH is 1. The van der Waals surface area contributed by atoms with E-state index < -0.39 is 0 Å². The Labute approximate surface area is 135 Å². The fourth-order valence-electron chi connectivity index (χ4n) is 4.07. The number of urea groups is 1. The predicted octanol–water partition coefficient (Wildman–Crippen LogP) is 3.40. The Hall–Kier alpha value is -0.770. The number of rotatable bonds is 5. The van der Waals surface area contributed by atoms with Crippen LogP contribution in [-0.4, -0.2) is 42.3 Å². The number of carbonyl (C=O) groups excluding carboxylic acids is 1. The summed E-state index contributed by atoms with van der Waals surface area (Å²) in [6.07, 6.45) is 8.12. The van der Waals surface area contributed by atoms with Gasteiger partial charge >= 0.3 is 6.03 Å². The van der Waals surface area contributed by atoms with Gasteiger partial charge in [0.2, 0.25) is 0 Å². The molecule has 22 heavy (non-hydrogen) atoms. The van der Waals surface area contributed by atoms with E-state index in [2.05, 4.69) is 26.1 Å². The molecular weight excluding hydrogens is 276 g/mol. The van der Waals surface area contributed by atoms with Crippen LogP contribution in [0, 0.1) is 16.7 Å². The number of amides is 2. The Morgan fingerprint density at radius 1 is 1.27 bits per heavy atom. The van der Waals surface area contributed by atoms with E-state index in [1.54, 1.807) is 0 Å². The van der Waals surface area contributed by atoms with Crippen LogP contribution in [0.25, 0.3) is 0 Å². The lowest BCUT2D eigenvalue weighted by atomic mass is 9.77. The summed E-state index contributed by atoms with van der Waals surface area (Å²) in [6.45, 7) is 9.25. The van der Waals surface area contributed by atoms with Crippen LogP contribution in [0.3, 0.4) is 0 Å². The molecule has 0 spiro atoms. The van der Waals surface area contributed by atoms with Gasteiger partial charge in [0, 0.05) is 26.2 Å². The van der Waals surface area contributed by atoms with E-state index in [0.717, 1.165) is 44.8 Å². The number of likely N-dealkylation sites (tertiary alicyclic amines) is 1. The number of piperidine rings is 1. The van der Waals surface area contributed by atoms with Crippen molar-refractivity contribution in [2.45, 2.75) is 65.7 Å². The van der Waals surface area contributed by atoms with Gasteiger partial charge in [0.05, 0.1) is 0 Å². The molecule has 1 saturated heterocycles. The number of aliphatic hydroxyl groups is 1. The van der Waals surface area contributed by atoms with Crippen molar-refractivity contribution >= 4 is 6.03 Å². The lowest BCUT2D eigenvalue weighted by Gasteiger charge is -2.40. The first kappa shape index (κ1) is 17.6. The summed E-state index contributed by atoms with van der Waals surface area (Å²) in [4.78, 5) is 14.3. The van der Waals surface area contributed by atoms with Gasteiger partial charge in [-0.25, -0.2) is 4.79 Å². The van der Waals surface area contributed by atoms with Gasteiger partial charge in [0.15, 0.2) is 0 Å². The molecule has 0 bridgehead atoms. The maximum Gasteiger partial charge on any atom is 0.317 e. The highest BCUT2D eigenvalue weighted by molar-refractivity contribution is 5.74. The van der Waals surface area contributed by atoms with Crippen LogP contribution < -0.4 is 5.32 Å². The molecule has 0 radical (unpaired) electrons. The molecule has 1 heterocycles. The molecule has 4 heteroatoms. The van der Waals surface area contributed by atoms with Crippen molar-refractivity contribution in [2.75, 3.05) is 26.2 Å². The summed E-state index contributed by atoms with van der Waals surface area (Å²) >= 11 is 0. The van der Waals surface area contributed by atoms with Gasteiger partial charge in [-0.2, -0.15) is 0 Å². The predicted molar refractivity (Wildman–Crippen MR) is 89.8 cm³/mol. The lowest BCUT2D eigenvalue weighted by molar-refractivity contribution is 0.0512. The third-order valence-corrected chi connectivity index (χ3v) is 6.35. The smallest absolute Gasteiger partial charge is 0.317 e. The van der Waals surface area contributed by atoms with Crippen LogP contribution in [0.2, 0.25) is 0 Å². The standard InChI is InChI=1S/C18H34N2O2/c1-4-18(14-21)9-11-20(12-10-18)16(22)19-13-17(2,3)15-7-5-6-8-15/h15,21H,4-14H2,1-3H3,(H,19,22). The maximum absolute atomic E-state index is 12.4. The van der Waals surface area contributed by atoms with E-state index in [9.17, 15) is 9.90 Å². The third-order valence-electron chi connectivity index (χ3n) is 6.35. The quantitative estimate of drug-likeness (QED) is 0.818. The molecule has 2 amide bonds. The fourth-order valence-corrected chi connectivity index (χ4v) is 4.07. The monoisotopic (exact) mass is 310 g/mol. The highest BCUT2D eigenvalue weighted by atomic mass is 16.3. The summed E-state index contributed by atoms with van der Waals surface area (Å²) < 4.78 is 0. The molecule has 0 unspecified atom stereocenters. The van der Waals surface area contributed by atoms with E-state index in [1.807, 2.05) is 4.90 Å². The molecule has 2 N–H and O–H groups in total. The Kier molecular flexibility index (Phi) is 5.76. The second-order valence-corrected chi connectivity index (χ2v) is 8.13. The average Bonchev–Trinajstić information content (AvgIpc) is 3.08. The minimum atomic E-state index is 0.0416. The average molecular weight is 310 g/mol. The summed E-state index contributed by atoms with van der Waals surface area (Å²) in [5, 5.41) is 12.7. The maximum atomic E-state index is 12.4. The highest BCUT2D eigenvalue weighted by Gasteiger charge is 2.35. The van der Waals surface area contributed by atoms with Gasteiger partial charge in [-0.3, -0.25) is 0 Å². The minimum Gasteiger partial charge on any atom is -0.396 e. The zero-order valence-corrected chi connectivity index (χ0v) is 14.7. The summed E-state index contributed by atoms with van der Waals surface area (Å²) in [5.41, 5.74) is 0.236. The summed E-state index contributed by atoms with van der Waals surface area (Å²) in [7, 11) is 0. The Bertz CT molecular complexity index is 361. The molecule has 1 aliphatic heterocycles. The van der Waals surface area contributed by atoms with E-state index >= 15 is 0 Å². The van der Waals surface area contributed by atoms with Gasteiger partial charge < -0.3 is 15.3 Å². The first-order chi connectivity index (χ1) is 10.4. The molecule has 128 valence electrons. The largest absolute Gasteiger partial charge is 0.396 e. The van der Waals surface area contributed by atoms with Crippen LogP contribution in [0.4, 0.5) is 4.79 Å². The van der Waals surface area contributed by atoms with Crippen molar-refractivity contribution in [3.8, 4) is 0 Å². The van der Waals surface area contributed by atoms with Crippen molar-refractivity contribution in [3.05, 3.63) is 0 Å². The minimum absolute atomic E-state index is 0.0416. The van der Waals surface area contributed by atoms with Gasteiger partial charge in [-0.15, -0.1) is 0 Å². The summed E-state index contributed by atoms with van der Waals surface area (Å²) in [6, 6.07) is 0.0775. The zero-order chi connectivity index (χ0) is 16.2. The van der Waals surface area contributed by atoms with E-state index in [-0.39, 0.29) is 23.5 Å². The van der Waals surface area contributed by atoms with Crippen molar-refractivity contribution < 1.29 is 9.90 Å². The molecule has 1 saturated carbocycles. The van der Waals surface area contributed by atoms with E-state index in [1.165, 1.54) is 25.7 Å². The molecular formula is C18H34N2O2. The number of nitrogens with one attached hydrogen (secondary N) is 1. The molecule has 0 aromatic carbocycles. The molecule has 0 aromatic heterocycles. The van der Waals surface area contributed by atoms with Crippen molar-refractivity contribution in [3.63, 3.8) is 0 Å². The fraction of sp³-hybridized carbons (Fsp3) is 0.944. The molecule has 2 fully saturated rings. The van der Waals surface area contributed by atoms with Crippen LogP contribution in [-0.2, 0) is 0 Å².